The van der Waals surface area contributed by atoms with E-state index in [1.807, 2.05) is 6.92 Å². The molecular weight excluding hydrogens is 100 g/mol. The van der Waals surface area contributed by atoms with Gasteiger partial charge in [0, 0.05) is 5.41 Å². The zero-order chi connectivity index (χ0) is 6.04. The Morgan fingerprint density at radius 1 is 1.38 bits per heavy atom. The first-order valence-corrected chi connectivity index (χ1v) is 3.23. The summed E-state index contributed by atoms with van der Waals surface area (Å²) in [5, 5.41) is 0. The third-order valence-electron chi connectivity index (χ3n) is 2.03. The fourth-order valence-corrected chi connectivity index (χ4v) is 1.30. The molecule has 0 heterocycles. The van der Waals surface area contributed by atoms with Gasteiger partial charge in [-0.2, -0.15) is 0 Å². The van der Waals surface area contributed by atoms with Gasteiger partial charge in [0.15, 0.2) is 0 Å². The van der Waals surface area contributed by atoms with Gasteiger partial charge in [0.05, 0.1) is 0 Å². The molecule has 1 aliphatic carbocycles. The van der Waals surface area contributed by atoms with E-state index in [-0.39, 0.29) is 5.41 Å². The van der Waals surface area contributed by atoms with Crippen molar-refractivity contribution in [2.75, 3.05) is 0 Å². The molecule has 0 aliphatic heterocycles. The Hall–Kier alpha value is -0.330. The first-order chi connectivity index (χ1) is 3.77. The minimum Gasteiger partial charge on any atom is -0.303 e. The van der Waals surface area contributed by atoms with E-state index in [4.69, 9.17) is 0 Å². The van der Waals surface area contributed by atoms with Gasteiger partial charge in [-0.05, 0) is 12.8 Å². The van der Waals surface area contributed by atoms with Crippen molar-refractivity contribution in [2.24, 2.45) is 5.41 Å². The molecule has 0 aromatic heterocycles. The average Bonchev–Trinajstić information content (AvgIpc) is 2.17. The number of aldehydes is 1. The van der Waals surface area contributed by atoms with Gasteiger partial charge in [-0.1, -0.05) is 19.8 Å². The largest absolute Gasteiger partial charge is 0.303 e. The third-order valence-corrected chi connectivity index (χ3v) is 2.03. The average molecular weight is 112 g/mol. The second-order valence-corrected chi connectivity index (χ2v) is 2.98. The van der Waals surface area contributed by atoms with Crippen molar-refractivity contribution in [1.29, 1.82) is 0 Å². The van der Waals surface area contributed by atoms with Crippen molar-refractivity contribution in [3.8, 4) is 0 Å². The van der Waals surface area contributed by atoms with E-state index >= 15 is 0 Å². The van der Waals surface area contributed by atoms with Crippen LogP contribution in [0.15, 0.2) is 0 Å². The monoisotopic (exact) mass is 112 g/mol. The molecule has 0 bridgehead atoms. The van der Waals surface area contributed by atoms with E-state index in [9.17, 15) is 4.79 Å². The lowest BCUT2D eigenvalue weighted by Crippen LogP contribution is -2.11. The highest BCUT2D eigenvalue weighted by atomic mass is 16.1. The van der Waals surface area contributed by atoms with Crippen molar-refractivity contribution >= 4 is 6.29 Å². The SMILES string of the molecule is CC1(C=O)CCCC1. The van der Waals surface area contributed by atoms with Crippen LogP contribution in [0.5, 0.6) is 0 Å². The zero-order valence-corrected chi connectivity index (χ0v) is 5.31. The van der Waals surface area contributed by atoms with Crippen molar-refractivity contribution in [3.63, 3.8) is 0 Å². The Labute approximate surface area is 50.1 Å². The maximum Gasteiger partial charge on any atom is 0.125 e. The molecule has 1 nitrogen and oxygen atoms in total. The molecule has 0 aromatic carbocycles. The van der Waals surface area contributed by atoms with Crippen LogP contribution in [0.2, 0.25) is 0 Å². The minimum absolute atomic E-state index is 0.0556. The predicted octanol–water partition coefficient (Wildman–Crippen LogP) is 1.77. The van der Waals surface area contributed by atoms with Crippen LogP contribution in [-0.2, 0) is 4.79 Å². The standard InChI is InChI=1S/C7H12O/c1-7(6-8)4-2-3-5-7/h6H,2-5H2,1H3. The summed E-state index contributed by atoms with van der Waals surface area (Å²) in [7, 11) is 0. The highest BCUT2D eigenvalue weighted by Gasteiger charge is 2.27. The number of carbonyl (C=O) groups is 1. The van der Waals surface area contributed by atoms with Crippen LogP contribution in [0.1, 0.15) is 32.6 Å². The van der Waals surface area contributed by atoms with E-state index < -0.39 is 0 Å². The van der Waals surface area contributed by atoms with Crippen molar-refractivity contribution in [2.45, 2.75) is 32.6 Å². The molecule has 8 heavy (non-hydrogen) atoms. The first-order valence-electron chi connectivity index (χ1n) is 3.23. The van der Waals surface area contributed by atoms with Gasteiger partial charge in [0.2, 0.25) is 0 Å². The van der Waals surface area contributed by atoms with Crippen LogP contribution in [0.3, 0.4) is 0 Å². The maximum atomic E-state index is 10.3. The first kappa shape index (κ1) is 5.80. The Kier molecular flexibility index (Phi) is 1.37. The van der Waals surface area contributed by atoms with Crippen LogP contribution in [0, 0.1) is 5.41 Å². The minimum atomic E-state index is 0.0556. The highest BCUT2D eigenvalue weighted by molar-refractivity contribution is 5.58. The Balaban J connectivity index is 2.52. The lowest BCUT2D eigenvalue weighted by Gasteiger charge is -2.11. The van der Waals surface area contributed by atoms with E-state index in [2.05, 4.69) is 0 Å². The van der Waals surface area contributed by atoms with Crippen LogP contribution in [0.4, 0.5) is 0 Å². The Morgan fingerprint density at radius 3 is 2.12 bits per heavy atom. The quantitative estimate of drug-likeness (QED) is 0.472. The number of hydrogen-bond acceptors (Lipinski definition) is 1. The zero-order valence-electron chi connectivity index (χ0n) is 5.31. The van der Waals surface area contributed by atoms with Crippen LogP contribution in [-0.4, -0.2) is 6.29 Å². The molecular formula is C7H12O. The third kappa shape index (κ3) is 0.908. The maximum absolute atomic E-state index is 10.3. The Morgan fingerprint density at radius 2 is 1.88 bits per heavy atom. The smallest absolute Gasteiger partial charge is 0.125 e. The van der Waals surface area contributed by atoms with Crippen LogP contribution < -0.4 is 0 Å². The lowest BCUT2D eigenvalue weighted by molar-refractivity contribution is -0.115. The van der Waals surface area contributed by atoms with Gasteiger partial charge in [-0.3, -0.25) is 0 Å². The molecule has 0 saturated heterocycles. The van der Waals surface area contributed by atoms with Crippen molar-refractivity contribution < 1.29 is 4.79 Å². The van der Waals surface area contributed by atoms with Gasteiger partial charge in [-0.25, -0.2) is 0 Å². The van der Waals surface area contributed by atoms with Gasteiger partial charge < -0.3 is 4.79 Å². The summed E-state index contributed by atoms with van der Waals surface area (Å²) < 4.78 is 0. The molecule has 0 spiro atoms. The number of hydrogen-bond donors (Lipinski definition) is 0. The molecule has 0 atom stereocenters. The molecule has 1 fully saturated rings. The molecule has 0 amide bonds. The molecule has 1 rings (SSSR count). The summed E-state index contributed by atoms with van der Waals surface area (Å²) in [5.74, 6) is 0. The van der Waals surface area contributed by atoms with Gasteiger partial charge in [-0.15, -0.1) is 0 Å². The molecule has 0 N–H and O–H groups in total. The second-order valence-electron chi connectivity index (χ2n) is 2.98. The topological polar surface area (TPSA) is 17.1 Å². The van der Waals surface area contributed by atoms with Crippen LogP contribution in [0.25, 0.3) is 0 Å². The lowest BCUT2D eigenvalue weighted by atomic mass is 9.91. The molecule has 1 aliphatic rings. The molecule has 0 unspecified atom stereocenters. The molecule has 1 heteroatoms. The summed E-state index contributed by atoms with van der Waals surface area (Å²) >= 11 is 0. The van der Waals surface area contributed by atoms with E-state index in [1.165, 1.54) is 12.8 Å². The molecule has 0 aromatic rings. The van der Waals surface area contributed by atoms with Crippen LogP contribution >= 0.6 is 0 Å². The fourth-order valence-electron chi connectivity index (χ4n) is 1.30. The summed E-state index contributed by atoms with van der Waals surface area (Å²) in [6, 6.07) is 0. The van der Waals surface area contributed by atoms with E-state index in [0.29, 0.717) is 0 Å². The number of carbonyl (C=O) groups excluding carboxylic acids is 1. The fraction of sp³-hybridized carbons (Fsp3) is 0.857. The second kappa shape index (κ2) is 1.88. The highest BCUT2D eigenvalue weighted by Crippen LogP contribution is 2.34. The van der Waals surface area contributed by atoms with Crippen molar-refractivity contribution in [3.05, 3.63) is 0 Å². The summed E-state index contributed by atoms with van der Waals surface area (Å²) in [6.45, 7) is 2.05. The Bertz CT molecular complexity index is 90.6. The van der Waals surface area contributed by atoms with E-state index in [0.717, 1.165) is 19.1 Å². The summed E-state index contributed by atoms with van der Waals surface area (Å²) in [4.78, 5) is 10.3. The molecule has 0 radical (unpaired) electrons. The predicted molar refractivity (Wildman–Crippen MR) is 32.6 cm³/mol. The van der Waals surface area contributed by atoms with Gasteiger partial charge >= 0.3 is 0 Å². The van der Waals surface area contributed by atoms with Crippen molar-refractivity contribution in [1.82, 2.24) is 0 Å². The van der Waals surface area contributed by atoms with E-state index in [1.54, 1.807) is 0 Å². The summed E-state index contributed by atoms with van der Waals surface area (Å²) in [5.41, 5.74) is 0.0556. The summed E-state index contributed by atoms with van der Waals surface area (Å²) in [6.07, 6.45) is 5.82. The molecule has 1 saturated carbocycles. The number of rotatable bonds is 1. The van der Waals surface area contributed by atoms with Gasteiger partial charge in [0.1, 0.15) is 6.29 Å². The van der Waals surface area contributed by atoms with Gasteiger partial charge in [0.25, 0.3) is 0 Å². The normalized spacial score (nSPS) is 25.6. The molecule has 46 valence electrons.